The molecule has 1 heterocycles. The normalized spacial score (nSPS) is 17.1. The number of amides is 1. The molecule has 1 N–H and O–H groups in total. The third-order valence-corrected chi connectivity index (χ3v) is 4.58. The zero-order valence-electron chi connectivity index (χ0n) is 11.6. The van der Waals surface area contributed by atoms with Crippen molar-refractivity contribution in [1.82, 2.24) is 4.90 Å². The highest BCUT2D eigenvalue weighted by atomic mass is 32.2. The molecule has 1 aliphatic heterocycles. The number of aryl methyl sites for hydroxylation is 1. The van der Waals surface area contributed by atoms with E-state index in [9.17, 15) is 9.90 Å². The molecule has 0 aliphatic carbocycles. The van der Waals surface area contributed by atoms with E-state index in [0.717, 1.165) is 5.75 Å². The van der Waals surface area contributed by atoms with Crippen LogP contribution in [0.15, 0.2) is 24.3 Å². The minimum Gasteiger partial charge on any atom is -0.386 e. The summed E-state index contributed by atoms with van der Waals surface area (Å²) in [7, 11) is 0. The molecule has 0 unspecified atom stereocenters. The number of rotatable bonds is 5. The van der Waals surface area contributed by atoms with Gasteiger partial charge in [0.1, 0.15) is 0 Å². The first kappa shape index (κ1) is 14.4. The van der Waals surface area contributed by atoms with Crippen LogP contribution in [0.1, 0.15) is 24.5 Å². The Kier molecular flexibility index (Phi) is 4.53. The monoisotopic (exact) mass is 279 g/mol. The van der Waals surface area contributed by atoms with Crippen LogP contribution >= 0.6 is 11.8 Å². The zero-order chi connectivity index (χ0) is 13.9. The van der Waals surface area contributed by atoms with Crippen molar-refractivity contribution >= 4 is 17.7 Å². The van der Waals surface area contributed by atoms with Gasteiger partial charge in [0.25, 0.3) is 0 Å². The highest BCUT2D eigenvalue weighted by Crippen LogP contribution is 2.25. The van der Waals surface area contributed by atoms with Gasteiger partial charge < -0.3 is 10.0 Å². The predicted molar refractivity (Wildman–Crippen MR) is 79.2 cm³/mol. The topological polar surface area (TPSA) is 40.5 Å². The summed E-state index contributed by atoms with van der Waals surface area (Å²) < 4.78 is 0. The van der Waals surface area contributed by atoms with Crippen LogP contribution in [0.2, 0.25) is 0 Å². The van der Waals surface area contributed by atoms with Crippen molar-refractivity contribution in [2.24, 2.45) is 0 Å². The Labute approximate surface area is 119 Å². The van der Waals surface area contributed by atoms with Gasteiger partial charge in [0, 0.05) is 5.75 Å². The fourth-order valence-electron chi connectivity index (χ4n) is 2.10. The third kappa shape index (κ3) is 3.74. The molecule has 0 atom stereocenters. The largest absolute Gasteiger partial charge is 0.386 e. The van der Waals surface area contributed by atoms with Gasteiger partial charge in [0.05, 0.1) is 24.4 Å². The summed E-state index contributed by atoms with van der Waals surface area (Å²) in [4.78, 5) is 13.6. The fraction of sp³-hybridized carbons (Fsp3) is 0.533. The Bertz CT molecular complexity index is 438. The van der Waals surface area contributed by atoms with Crippen molar-refractivity contribution in [2.75, 3.05) is 18.8 Å². The number of β-amino-alcohol motifs (C(OH)–C–C–N with tert-alkyl or cyclic N) is 1. The van der Waals surface area contributed by atoms with Gasteiger partial charge in [-0.2, -0.15) is 0 Å². The molecular formula is C15H21NO2S. The number of hydrogen-bond donors (Lipinski definition) is 1. The smallest absolute Gasteiger partial charge is 0.232 e. The van der Waals surface area contributed by atoms with Gasteiger partial charge >= 0.3 is 0 Å². The van der Waals surface area contributed by atoms with E-state index in [-0.39, 0.29) is 5.91 Å². The molecule has 19 heavy (non-hydrogen) atoms. The summed E-state index contributed by atoms with van der Waals surface area (Å²) in [6, 6.07) is 8.39. The van der Waals surface area contributed by atoms with Crippen LogP contribution in [0.3, 0.4) is 0 Å². The Morgan fingerprint density at radius 2 is 2.00 bits per heavy atom. The minimum atomic E-state index is -0.628. The van der Waals surface area contributed by atoms with Gasteiger partial charge in [-0.3, -0.25) is 4.79 Å². The lowest BCUT2D eigenvalue weighted by atomic mass is 9.91. The molecule has 2 rings (SSSR count). The maximum absolute atomic E-state index is 11.9. The van der Waals surface area contributed by atoms with Crippen LogP contribution in [-0.2, 0) is 10.5 Å². The molecule has 0 saturated carbocycles. The summed E-state index contributed by atoms with van der Waals surface area (Å²) in [5.41, 5.74) is 1.87. The summed E-state index contributed by atoms with van der Waals surface area (Å²) in [6.45, 7) is 5.01. The van der Waals surface area contributed by atoms with Crippen LogP contribution < -0.4 is 0 Å². The van der Waals surface area contributed by atoms with Gasteiger partial charge in [-0.15, -0.1) is 11.8 Å². The number of aliphatic hydroxyl groups is 1. The zero-order valence-corrected chi connectivity index (χ0v) is 12.4. The lowest BCUT2D eigenvalue weighted by Crippen LogP contribution is -2.63. The van der Waals surface area contributed by atoms with Gasteiger partial charge in [-0.05, 0) is 18.9 Å². The Hall–Kier alpha value is -1.00. The van der Waals surface area contributed by atoms with E-state index in [1.54, 1.807) is 16.7 Å². The van der Waals surface area contributed by atoms with E-state index in [1.165, 1.54) is 11.1 Å². The first-order valence-corrected chi connectivity index (χ1v) is 7.81. The van der Waals surface area contributed by atoms with E-state index >= 15 is 0 Å². The van der Waals surface area contributed by atoms with Crippen LogP contribution in [0.4, 0.5) is 0 Å². The highest BCUT2D eigenvalue weighted by molar-refractivity contribution is 7.99. The van der Waals surface area contributed by atoms with Crippen molar-refractivity contribution in [1.29, 1.82) is 0 Å². The number of likely N-dealkylation sites (tertiary alicyclic amines) is 1. The van der Waals surface area contributed by atoms with Crippen molar-refractivity contribution in [3.05, 3.63) is 35.4 Å². The summed E-state index contributed by atoms with van der Waals surface area (Å²) >= 11 is 1.63. The fourth-order valence-corrected chi connectivity index (χ4v) is 2.98. The van der Waals surface area contributed by atoms with Gasteiger partial charge in [0.2, 0.25) is 5.91 Å². The van der Waals surface area contributed by atoms with Crippen molar-refractivity contribution in [2.45, 2.75) is 31.6 Å². The quantitative estimate of drug-likeness (QED) is 0.898. The lowest BCUT2D eigenvalue weighted by molar-refractivity contribution is -0.152. The number of carbonyl (C=O) groups is 1. The average Bonchev–Trinajstić information content (AvgIpc) is 2.37. The minimum absolute atomic E-state index is 0.134. The van der Waals surface area contributed by atoms with Crippen LogP contribution in [0, 0.1) is 6.92 Å². The van der Waals surface area contributed by atoms with Gasteiger partial charge in [0.15, 0.2) is 0 Å². The first-order chi connectivity index (χ1) is 9.02. The van der Waals surface area contributed by atoms with Crippen LogP contribution in [0.25, 0.3) is 0 Å². The molecule has 1 aromatic rings. The van der Waals surface area contributed by atoms with E-state index in [0.29, 0.717) is 25.3 Å². The van der Waals surface area contributed by atoms with E-state index in [4.69, 9.17) is 0 Å². The second kappa shape index (κ2) is 5.97. The molecule has 4 heteroatoms. The molecule has 1 aromatic carbocycles. The number of benzene rings is 1. The summed E-state index contributed by atoms with van der Waals surface area (Å²) in [5.74, 6) is 1.49. The number of carbonyl (C=O) groups excluding carboxylic acids is 1. The molecule has 1 amide bonds. The summed E-state index contributed by atoms with van der Waals surface area (Å²) in [5, 5.41) is 9.87. The second-order valence-electron chi connectivity index (χ2n) is 5.31. The van der Waals surface area contributed by atoms with Gasteiger partial charge in [-0.1, -0.05) is 36.8 Å². The van der Waals surface area contributed by atoms with Gasteiger partial charge in [-0.25, -0.2) is 0 Å². The van der Waals surface area contributed by atoms with E-state index in [1.807, 2.05) is 6.92 Å². The molecule has 0 bridgehead atoms. The third-order valence-electron chi connectivity index (χ3n) is 3.60. The van der Waals surface area contributed by atoms with E-state index < -0.39 is 5.60 Å². The maximum Gasteiger partial charge on any atom is 0.232 e. The standard InChI is InChI=1S/C15H21NO2S/c1-3-15(18)10-16(11-15)14(17)9-19-8-13-6-4-12(2)5-7-13/h4-7,18H,3,8-11H2,1-2H3. The number of nitrogens with zero attached hydrogens (tertiary/aromatic N) is 1. The number of thioether (sulfide) groups is 1. The Balaban J connectivity index is 1.69. The first-order valence-electron chi connectivity index (χ1n) is 6.66. The maximum atomic E-state index is 11.9. The summed E-state index contributed by atoms with van der Waals surface area (Å²) in [6.07, 6.45) is 0.716. The predicted octanol–water partition coefficient (Wildman–Crippen LogP) is 2.21. The Morgan fingerprint density at radius 3 is 2.58 bits per heavy atom. The van der Waals surface area contributed by atoms with Crippen LogP contribution in [-0.4, -0.2) is 40.4 Å². The molecule has 1 aliphatic rings. The van der Waals surface area contributed by atoms with Crippen molar-refractivity contribution in [3.63, 3.8) is 0 Å². The SMILES string of the molecule is CCC1(O)CN(C(=O)CSCc2ccc(C)cc2)C1. The molecule has 0 aromatic heterocycles. The number of hydrogen-bond acceptors (Lipinski definition) is 3. The molecule has 1 saturated heterocycles. The molecule has 1 fully saturated rings. The van der Waals surface area contributed by atoms with Crippen LogP contribution in [0.5, 0.6) is 0 Å². The van der Waals surface area contributed by atoms with Crippen molar-refractivity contribution in [3.8, 4) is 0 Å². The highest BCUT2D eigenvalue weighted by Gasteiger charge is 2.41. The van der Waals surface area contributed by atoms with E-state index in [2.05, 4.69) is 31.2 Å². The second-order valence-corrected chi connectivity index (χ2v) is 6.29. The molecule has 3 nitrogen and oxygen atoms in total. The molecule has 104 valence electrons. The Morgan fingerprint density at radius 1 is 1.37 bits per heavy atom. The molecular weight excluding hydrogens is 258 g/mol. The lowest BCUT2D eigenvalue weighted by Gasteiger charge is -2.46. The molecule has 0 radical (unpaired) electrons. The average molecular weight is 279 g/mol. The van der Waals surface area contributed by atoms with Crippen molar-refractivity contribution < 1.29 is 9.90 Å². The molecule has 0 spiro atoms.